The molecule has 0 spiro atoms. The summed E-state index contributed by atoms with van der Waals surface area (Å²) in [6, 6.07) is 9.84. The highest BCUT2D eigenvalue weighted by molar-refractivity contribution is 5.63. The zero-order valence-corrected chi connectivity index (χ0v) is 18.9. The molecule has 0 saturated carbocycles. The quantitative estimate of drug-likeness (QED) is 0.691. The summed E-state index contributed by atoms with van der Waals surface area (Å²) < 4.78 is 11.1. The molecule has 0 radical (unpaired) electrons. The van der Waals surface area contributed by atoms with Crippen molar-refractivity contribution in [3.8, 4) is 5.75 Å². The van der Waals surface area contributed by atoms with Gasteiger partial charge in [0.25, 0.3) is 0 Å². The van der Waals surface area contributed by atoms with Crippen molar-refractivity contribution in [3.63, 3.8) is 0 Å². The minimum atomic E-state index is 0.461. The van der Waals surface area contributed by atoms with Gasteiger partial charge in [-0.05, 0) is 31.4 Å². The largest absolute Gasteiger partial charge is 0.497 e. The molecule has 168 valence electrons. The average Bonchev–Trinajstić information content (AvgIpc) is 3.32. The van der Waals surface area contributed by atoms with Crippen LogP contribution in [-0.2, 0) is 4.74 Å². The van der Waals surface area contributed by atoms with Crippen LogP contribution in [0.4, 0.5) is 23.3 Å². The number of aromatic nitrogens is 2. The highest BCUT2D eigenvalue weighted by atomic mass is 16.5. The zero-order chi connectivity index (χ0) is 21.6. The summed E-state index contributed by atoms with van der Waals surface area (Å²) in [4.78, 5) is 16.5. The summed E-state index contributed by atoms with van der Waals surface area (Å²) in [5.74, 6) is 3.25. The van der Waals surface area contributed by atoms with Gasteiger partial charge in [-0.15, -0.1) is 0 Å². The first-order valence-electron chi connectivity index (χ1n) is 11.2. The number of hydrogen-bond donors (Lipinski definition) is 1. The lowest BCUT2D eigenvalue weighted by Gasteiger charge is -2.35. The van der Waals surface area contributed by atoms with Crippen molar-refractivity contribution in [1.82, 2.24) is 14.9 Å². The molecule has 2 saturated heterocycles. The van der Waals surface area contributed by atoms with E-state index >= 15 is 0 Å². The monoisotopic (exact) mass is 426 g/mol. The SMILES string of the molecule is COc1cccc(Nc2cc(N(C)C)nc(N3CCN(CCC4CCCO4)CC3)n2)c1. The lowest BCUT2D eigenvalue weighted by atomic mass is 10.1. The van der Waals surface area contributed by atoms with Crippen LogP contribution in [-0.4, -0.2) is 81.5 Å². The van der Waals surface area contributed by atoms with Crippen LogP contribution in [0.5, 0.6) is 5.75 Å². The van der Waals surface area contributed by atoms with E-state index in [1.807, 2.05) is 49.3 Å². The molecule has 1 unspecified atom stereocenters. The molecule has 4 rings (SSSR count). The van der Waals surface area contributed by atoms with Crippen molar-refractivity contribution in [3.05, 3.63) is 30.3 Å². The van der Waals surface area contributed by atoms with Gasteiger partial charge >= 0.3 is 0 Å². The maximum absolute atomic E-state index is 5.77. The number of rotatable bonds is 8. The van der Waals surface area contributed by atoms with Gasteiger partial charge in [0.15, 0.2) is 0 Å². The maximum atomic E-state index is 5.77. The summed E-state index contributed by atoms with van der Waals surface area (Å²) in [7, 11) is 5.68. The number of benzene rings is 1. The van der Waals surface area contributed by atoms with Crippen molar-refractivity contribution in [2.24, 2.45) is 0 Å². The van der Waals surface area contributed by atoms with Crippen molar-refractivity contribution in [2.45, 2.75) is 25.4 Å². The third-order valence-corrected chi connectivity index (χ3v) is 5.95. The number of anilines is 4. The fraction of sp³-hybridized carbons (Fsp3) is 0.565. The van der Waals surface area contributed by atoms with Gasteiger partial charge in [0.2, 0.25) is 5.95 Å². The first-order chi connectivity index (χ1) is 15.1. The molecule has 0 amide bonds. The smallest absolute Gasteiger partial charge is 0.229 e. The van der Waals surface area contributed by atoms with E-state index < -0.39 is 0 Å². The van der Waals surface area contributed by atoms with Gasteiger partial charge in [-0.2, -0.15) is 9.97 Å². The summed E-state index contributed by atoms with van der Waals surface area (Å²) in [5.41, 5.74) is 0.938. The third-order valence-electron chi connectivity index (χ3n) is 5.95. The van der Waals surface area contributed by atoms with Gasteiger partial charge in [-0.1, -0.05) is 6.07 Å². The van der Waals surface area contributed by atoms with E-state index in [0.717, 1.165) is 74.8 Å². The first kappa shape index (κ1) is 21.6. The van der Waals surface area contributed by atoms with Crippen LogP contribution >= 0.6 is 0 Å². The number of nitrogens with one attached hydrogen (secondary N) is 1. The lowest BCUT2D eigenvalue weighted by molar-refractivity contribution is 0.0910. The molecule has 8 nitrogen and oxygen atoms in total. The van der Waals surface area contributed by atoms with Crippen molar-refractivity contribution >= 4 is 23.3 Å². The second kappa shape index (κ2) is 10.2. The van der Waals surface area contributed by atoms with Gasteiger partial charge in [0.1, 0.15) is 17.4 Å². The Morgan fingerprint density at radius 2 is 2.00 bits per heavy atom. The van der Waals surface area contributed by atoms with Gasteiger partial charge < -0.3 is 24.6 Å². The number of piperazine rings is 1. The fourth-order valence-corrected chi connectivity index (χ4v) is 4.08. The Bertz CT molecular complexity index is 848. The zero-order valence-electron chi connectivity index (χ0n) is 18.9. The molecular weight excluding hydrogens is 392 g/mol. The van der Waals surface area contributed by atoms with Crippen LogP contribution in [0.2, 0.25) is 0 Å². The van der Waals surface area contributed by atoms with Crippen molar-refractivity contribution < 1.29 is 9.47 Å². The van der Waals surface area contributed by atoms with E-state index in [-0.39, 0.29) is 0 Å². The second-order valence-electron chi connectivity index (χ2n) is 8.42. The molecule has 2 aliphatic heterocycles. The predicted molar refractivity (Wildman–Crippen MR) is 125 cm³/mol. The van der Waals surface area contributed by atoms with Gasteiger partial charge in [-0.3, -0.25) is 4.90 Å². The van der Waals surface area contributed by atoms with Crippen LogP contribution < -0.4 is 19.9 Å². The Labute approximate surface area is 185 Å². The number of nitrogens with zero attached hydrogens (tertiary/aromatic N) is 5. The number of methoxy groups -OCH3 is 1. The molecule has 2 fully saturated rings. The highest BCUT2D eigenvalue weighted by Crippen LogP contribution is 2.25. The molecule has 1 aromatic carbocycles. The Hall–Kier alpha value is -2.58. The third kappa shape index (κ3) is 5.77. The van der Waals surface area contributed by atoms with Crippen LogP contribution in [0, 0.1) is 0 Å². The van der Waals surface area contributed by atoms with E-state index in [2.05, 4.69) is 15.1 Å². The van der Waals surface area contributed by atoms with Crippen LogP contribution in [0.25, 0.3) is 0 Å². The number of hydrogen-bond acceptors (Lipinski definition) is 8. The van der Waals surface area contributed by atoms with E-state index in [4.69, 9.17) is 19.4 Å². The topological polar surface area (TPSA) is 66.0 Å². The average molecular weight is 427 g/mol. The van der Waals surface area contributed by atoms with Gasteiger partial charge in [-0.25, -0.2) is 0 Å². The Balaban J connectivity index is 1.41. The molecule has 1 atom stereocenters. The standard InChI is InChI=1S/C23H34N6O2/c1-27(2)22-17-21(24-18-6-4-7-20(16-18)30-3)25-23(26-22)29-13-11-28(12-14-29)10-9-19-8-5-15-31-19/h4,6-7,16-17,19H,5,8-15H2,1-3H3,(H,24,25,26). The summed E-state index contributed by atoms with van der Waals surface area (Å²) in [6.07, 6.45) is 4.03. The fourth-order valence-electron chi connectivity index (χ4n) is 4.08. The Morgan fingerprint density at radius 3 is 2.71 bits per heavy atom. The van der Waals surface area contributed by atoms with Crippen molar-refractivity contribution in [2.75, 3.05) is 75.7 Å². The Kier molecular flexibility index (Phi) is 7.09. The predicted octanol–water partition coefficient (Wildman–Crippen LogP) is 2.99. The highest BCUT2D eigenvalue weighted by Gasteiger charge is 2.22. The van der Waals surface area contributed by atoms with Gasteiger partial charge in [0, 0.05) is 71.2 Å². The molecule has 2 aromatic rings. The molecule has 31 heavy (non-hydrogen) atoms. The minimum absolute atomic E-state index is 0.461. The lowest BCUT2D eigenvalue weighted by Crippen LogP contribution is -2.47. The summed E-state index contributed by atoms with van der Waals surface area (Å²) >= 11 is 0. The Morgan fingerprint density at radius 1 is 1.16 bits per heavy atom. The van der Waals surface area contributed by atoms with Crippen molar-refractivity contribution in [1.29, 1.82) is 0 Å². The van der Waals surface area contributed by atoms with Crippen LogP contribution in [0.3, 0.4) is 0 Å². The summed E-state index contributed by atoms with van der Waals surface area (Å²) in [6.45, 7) is 5.97. The minimum Gasteiger partial charge on any atom is -0.497 e. The molecule has 2 aliphatic rings. The molecular formula is C23H34N6O2. The van der Waals surface area contributed by atoms with Gasteiger partial charge in [0.05, 0.1) is 13.2 Å². The summed E-state index contributed by atoms with van der Waals surface area (Å²) in [5, 5.41) is 3.40. The van der Waals surface area contributed by atoms with Crippen LogP contribution in [0.1, 0.15) is 19.3 Å². The van der Waals surface area contributed by atoms with E-state index in [9.17, 15) is 0 Å². The molecule has 1 N–H and O–H groups in total. The van der Waals surface area contributed by atoms with Crippen LogP contribution in [0.15, 0.2) is 30.3 Å². The molecule has 8 heteroatoms. The van der Waals surface area contributed by atoms with E-state index in [0.29, 0.717) is 6.10 Å². The van der Waals surface area contributed by atoms with E-state index in [1.165, 1.54) is 12.8 Å². The molecule has 3 heterocycles. The molecule has 1 aromatic heterocycles. The maximum Gasteiger partial charge on any atom is 0.229 e. The number of ether oxygens (including phenoxy) is 2. The molecule has 0 bridgehead atoms. The second-order valence-corrected chi connectivity index (χ2v) is 8.42. The normalized spacial score (nSPS) is 19.5. The molecule has 0 aliphatic carbocycles. The first-order valence-corrected chi connectivity index (χ1v) is 11.2. The van der Waals surface area contributed by atoms with E-state index in [1.54, 1.807) is 7.11 Å².